The molecule has 0 saturated heterocycles. The second-order valence-electron chi connectivity index (χ2n) is 2.09. The minimum atomic E-state index is 0. The standard InChI is InChI=1S/C6H12N.C2H6.K/c1-7-6-4-2-3-5-6;1-2;/h2,6-7H,3-5H2,1H3;1-2H3;/q-1;;+1. The van der Waals surface area contributed by atoms with Crippen LogP contribution in [-0.2, 0) is 0 Å². The predicted octanol–water partition coefficient (Wildman–Crippen LogP) is -1.01. The van der Waals surface area contributed by atoms with Crippen LogP contribution >= 0.6 is 0 Å². The van der Waals surface area contributed by atoms with Gasteiger partial charge in [0.25, 0.3) is 0 Å². The maximum Gasteiger partial charge on any atom is 1.00 e. The van der Waals surface area contributed by atoms with Gasteiger partial charge in [-0.05, 0) is 13.1 Å². The third kappa shape index (κ3) is 6.32. The van der Waals surface area contributed by atoms with E-state index in [0.717, 1.165) is 6.04 Å². The molecule has 0 aromatic rings. The predicted molar refractivity (Wildman–Crippen MR) is 42.3 cm³/mol. The van der Waals surface area contributed by atoms with E-state index in [-0.39, 0.29) is 51.4 Å². The molecule has 0 bridgehead atoms. The van der Waals surface area contributed by atoms with E-state index >= 15 is 0 Å². The van der Waals surface area contributed by atoms with Gasteiger partial charge in [-0.25, -0.2) is 0 Å². The molecule has 1 saturated carbocycles. The Morgan fingerprint density at radius 3 is 2.20 bits per heavy atom. The molecule has 0 heterocycles. The van der Waals surface area contributed by atoms with Crippen LogP contribution in [-0.4, -0.2) is 13.1 Å². The van der Waals surface area contributed by atoms with Crippen LogP contribution < -0.4 is 56.7 Å². The minimum Gasteiger partial charge on any atom is -0.327 e. The van der Waals surface area contributed by atoms with Crippen molar-refractivity contribution in [3.05, 3.63) is 6.42 Å². The van der Waals surface area contributed by atoms with E-state index < -0.39 is 0 Å². The van der Waals surface area contributed by atoms with Gasteiger partial charge < -0.3 is 11.7 Å². The summed E-state index contributed by atoms with van der Waals surface area (Å²) in [6.45, 7) is 4.00. The molecule has 1 atom stereocenters. The minimum absolute atomic E-state index is 0. The average Bonchev–Trinajstić information content (AvgIpc) is 2.43. The maximum absolute atomic E-state index is 3.23. The van der Waals surface area contributed by atoms with Crippen LogP contribution in [0.1, 0.15) is 33.1 Å². The summed E-state index contributed by atoms with van der Waals surface area (Å²) in [6, 6.07) is 0.792. The fraction of sp³-hybridized carbons (Fsp3) is 0.875. The quantitative estimate of drug-likeness (QED) is 0.390. The van der Waals surface area contributed by atoms with Gasteiger partial charge in [0.2, 0.25) is 0 Å². The van der Waals surface area contributed by atoms with Crippen molar-refractivity contribution in [1.29, 1.82) is 0 Å². The summed E-state index contributed by atoms with van der Waals surface area (Å²) in [7, 11) is 2.03. The molecule has 1 unspecified atom stereocenters. The number of nitrogens with one attached hydrogen (secondary N) is 1. The zero-order chi connectivity index (χ0) is 7.11. The molecule has 1 fully saturated rings. The summed E-state index contributed by atoms with van der Waals surface area (Å²) in [4.78, 5) is 0. The zero-order valence-electron chi connectivity index (χ0n) is 7.78. The second kappa shape index (κ2) is 10.6. The number of hydrogen-bond donors (Lipinski definition) is 1. The molecule has 0 amide bonds. The fourth-order valence-corrected chi connectivity index (χ4v) is 1.02. The molecule has 1 rings (SSSR count). The van der Waals surface area contributed by atoms with Crippen molar-refractivity contribution in [3.8, 4) is 0 Å². The maximum atomic E-state index is 3.23. The van der Waals surface area contributed by atoms with Crippen LogP contribution in [0.4, 0.5) is 0 Å². The molecule has 0 aromatic carbocycles. The van der Waals surface area contributed by atoms with E-state index in [2.05, 4.69) is 11.7 Å². The van der Waals surface area contributed by atoms with Crippen LogP contribution in [0, 0.1) is 6.42 Å². The summed E-state index contributed by atoms with van der Waals surface area (Å²) in [6.07, 6.45) is 6.28. The molecule has 56 valence electrons. The molecule has 1 aliphatic rings. The first kappa shape index (κ1) is 14.1. The van der Waals surface area contributed by atoms with Crippen LogP contribution in [0.3, 0.4) is 0 Å². The number of rotatable bonds is 1. The Bertz CT molecular complexity index is 51.2. The molecule has 1 aliphatic carbocycles. The summed E-state index contributed by atoms with van der Waals surface area (Å²) < 4.78 is 0. The Kier molecular flexibility index (Phi) is 15.0. The van der Waals surface area contributed by atoms with Crippen molar-refractivity contribution in [2.24, 2.45) is 0 Å². The normalized spacial score (nSPS) is 22.5. The van der Waals surface area contributed by atoms with Gasteiger partial charge in [-0.2, -0.15) is 12.8 Å². The van der Waals surface area contributed by atoms with Crippen molar-refractivity contribution in [1.82, 2.24) is 5.32 Å². The van der Waals surface area contributed by atoms with E-state index in [1.165, 1.54) is 19.3 Å². The Morgan fingerprint density at radius 2 is 2.00 bits per heavy atom. The average molecular weight is 167 g/mol. The van der Waals surface area contributed by atoms with Gasteiger partial charge in [-0.1, -0.05) is 20.3 Å². The van der Waals surface area contributed by atoms with E-state index in [9.17, 15) is 0 Å². The molecular formula is C8H18KN. The molecule has 2 heteroatoms. The first-order valence-electron chi connectivity index (χ1n) is 3.92. The van der Waals surface area contributed by atoms with Crippen LogP contribution in [0.25, 0.3) is 0 Å². The van der Waals surface area contributed by atoms with Crippen LogP contribution in [0.2, 0.25) is 0 Å². The van der Waals surface area contributed by atoms with E-state index in [1.54, 1.807) is 0 Å². The third-order valence-corrected chi connectivity index (χ3v) is 1.58. The van der Waals surface area contributed by atoms with Gasteiger partial charge in [-0.15, -0.1) is 0 Å². The van der Waals surface area contributed by atoms with Gasteiger partial charge in [0, 0.05) is 0 Å². The number of hydrogen-bond acceptors (Lipinski definition) is 1. The summed E-state index contributed by atoms with van der Waals surface area (Å²) >= 11 is 0. The fourth-order valence-electron chi connectivity index (χ4n) is 1.02. The molecule has 0 aliphatic heterocycles. The molecule has 1 nitrogen and oxygen atoms in total. The molecule has 1 N–H and O–H groups in total. The second-order valence-corrected chi connectivity index (χ2v) is 2.09. The van der Waals surface area contributed by atoms with Gasteiger partial charge >= 0.3 is 51.4 Å². The van der Waals surface area contributed by atoms with E-state index in [4.69, 9.17) is 0 Å². The Labute approximate surface area is 108 Å². The van der Waals surface area contributed by atoms with E-state index in [0.29, 0.717) is 0 Å². The Hall–Kier alpha value is 1.60. The van der Waals surface area contributed by atoms with Crippen molar-refractivity contribution < 1.29 is 51.4 Å². The summed E-state index contributed by atoms with van der Waals surface area (Å²) in [5.41, 5.74) is 0. The van der Waals surface area contributed by atoms with Gasteiger partial charge in [0.15, 0.2) is 0 Å². The van der Waals surface area contributed by atoms with Crippen molar-refractivity contribution >= 4 is 0 Å². The first-order chi connectivity index (χ1) is 4.43. The molecule has 0 radical (unpaired) electrons. The van der Waals surface area contributed by atoms with Crippen LogP contribution in [0.5, 0.6) is 0 Å². The zero-order valence-corrected chi connectivity index (χ0v) is 10.9. The first-order valence-corrected chi connectivity index (χ1v) is 3.92. The smallest absolute Gasteiger partial charge is 0.327 e. The third-order valence-electron chi connectivity index (χ3n) is 1.58. The summed E-state index contributed by atoms with van der Waals surface area (Å²) in [5, 5.41) is 3.23. The Morgan fingerprint density at radius 1 is 1.40 bits per heavy atom. The summed E-state index contributed by atoms with van der Waals surface area (Å²) in [5.74, 6) is 0. The molecule has 0 spiro atoms. The SMILES string of the molecule is CC.CNC1C[CH-]CC1.[K+]. The van der Waals surface area contributed by atoms with Gasteiger partial charge in [-0.3, -0.25) is 0 Å². The topological polar surface area (TPSA) is 12.0 Å². The van der Waals surface area contributed by atoms with Crippen molar-refractivity contribution in [2.45, 2.75) is 39.2 Å². The molecule has 0 aromatic heterocycles. The largest absolute Gasteiger partial charge is 1.00 e. The van der Waals surface area contributed by atoms with Crippen LogP contribution in [0.15, 0.2) is 0 Å². The molecular weight excluding hydrogens is 149 g/mol. The molecule has 10 heavy (non-hydrogen) atoms. The Balaban J connectivity index is 0. The van der Waals surface area contributed by atoms with Gasteiger partial charge in [0.05, 0.1) is 0 Å². The van der Waals surface area contributed by atoms with Gasteiger partial charge in [0.1, 0.15) is 0 Å². The monoisotopic (exact) mass is 167 g/mol. The van der Waals surface area contributed by atoms with Crippen molar-refractivity contribution in [3.63, 3.8) is 0 Å². The van der Waals surface area contributed by atoms with E-state index in [1.807, 2.05) is 20.9 Å². The van der Waals surface area contributed by atoms with Crippen molar-refractivity contribution in [2.75, 3.05) is 7.05 Å².